The van der Waals surface area contributed by atoms with Gasteiger partial charge in [-0.15, -0.1) is 0 Å². The van der Waals surface area contributed by atoms with Crippen molar-refractivity contribution >= 4 is 11.8 Å². The molecule has 0 heterocycles. The van der Waals surface area contributed by atoms with Crippen molar-refractivity contribution in [2.45, 2.75) is 59.2 Å². The van der Waals surface area contributed by atoms with Crippen molar-refractivity contribution in [1.29, 1.82) is 0 Å². The lowest BCUT2D eigenvalue weighted by Crippen LogP contribution is -2.52. The molecule has 0 spiro atoms. The number of Topliss-reactive ketones (excluding diaryl/α,β-unsaturated/α-hetero) is 1. The number of aliphatic hydroxyl groups is 1. The van der Waals surface area contributed by atoms with Crippen LogP contribution in [0.2, 0.25) is 0 Å². The number of aliphatic hydroxyl groups excluding tert-OH is 1. The molecule has 0 saturated heterocycles. The Hall–Kier alpha value is -1.42. The molecule has 116 valence electrons. The van der Waals surface area contributed by atoms with E-state index >= 15 is 0 Å². The van der Waals surface area contributed by atoms with Gasteiger partial charge in [-0.05, 0) is 37.8 Å². The number of allylic oxidation sites excluding steroid dienone is 1. The Morgan fingerprint density at radius 2 is 2.05 bits per heavy atom. The number of rotatable bonds is 2. The van der Waals surface area contributed by atoms with Crippen LogP contribution in [-0.4, -0.2) is 29.1 Å². The van der Waals surface area contributed by atoms with Gasteiger partial charge < -0.3 is 9.84 Å². The van der Waals surface area contributed by atoms with Gasteiger partial charge in [-0.3, -0.25) is 9.59 Å². The molecule has 4 atom stereocenters. The number of hydrogen-bond donors (Lipinski definition) is 1. The van der Waals surface area contributed by atoms with Crippen molar-refractivity contribution in [2.24, 2.45) is 11.3 Å². The van der Waals surface area contributed by atoms with Crippen LogP contribution < -0.4 is 0 Å². The van der Waals surface area contributed by atoms with Crippen LogP contribution in [0.25, 0.3) is 0 Å². The highest BCUT2D eigenvalue weighted by Gasteiger charge is 2.52. The van der Waals surface area contributed by atoms with Crippen LogP contribution in [-0.2, 0) is 14.3 Å². The van der Waals surface area contributed by atoms with E-state index in [4.69, 9.17) is 4.74 Å². The molecule has 4 heteroatoms. The summed E-state index contributed by atoms with van der Waals surface area (Å²) in [6.07, 6.45) is 0.559. The first-order valence-electron chi connectivity index (χ1n) is 7.43. The molecule has 2 aliphatic rings. The molecule has 1 fully saturated rings. The first-order chi connectivity index (χ1) is 9.68. The highest BCUT2D eigenvalue weighted by molar-refractivity contribution is 5.97. The lowest BCUT2D eigenvalue weighted by atomic mass is 9.58. The summed E-state index contributed by atoms with van der Waals surface area (Å²) in [5, 5.41) is 10.7. The smallest absolute Gasteiger partial charge is 0.302 e. The number of carbonyl (C=O) groups excluding carboxylic acids is 2. The maximum Gasteiger partial charge on any atom is 0.302 e. The third kappa shape index (κ3) is 2.57. The minimum absolute atomic E-state index is 0.0745. The molecule has 1 N–H and O–H groups in total. The molecule has 1 saturated carbocycles. The summed E-state index contributed by atoms with van der Waals surface area (Å²) in [6.45, 7) is 11.0. The third-order valence-corrected chi connectivity index (χ3v) is 5.11. The summed E-state index contributed by atoms with van der Waals surface area (Å²) in [4.78, 5) is 23.5. The summed E-state index contributed by atoms with van der Waals surface area (Å²) in [7, 11) is 0. The Kier molecular flexibility index (Phi) is 4.11. The van der Waals surface area contributed by atoms with Crippen LogP contribution in [0.1, 0.15) is 47.0 Å². The Bertz CT molecular complexity index is 531. The van der Waals surface area contributed by atoms with Gasteiger partial charge in [0.2, 0.25) is 0 Å². The third-order valence-electron chi connectivity index (χ3n) is 5.11. The highest BCUT2D eigenvalue weighted by Crippen LogP contribution is 2.52. The summed E-state index contributed by atoms with van der Waals surface area (Å²) in [5.74, 6) is -0.435. The van der Waals surface area contributed by atoms with E-state index in [1.165, 1.54) is 6.92 Å². The largest absolute Gasteiger partial charge is 0.462 e. The van der Waals surface area contributed by atoms with Crippen molar-refractivity contribution < 1.29 is 19.4 Å². The number of carbonyl (C=O) groups is 2. The van der Waals surface area contributed by atoms with Gasteiger partial charge in [0.05, 0.1) is 6.10 Å². The molecule has 2 aliphatic carbocycles. The molecule has 0 aromatic carbocycles. The molecule has 0 aromatic heterocycles. The first-order valence-corrected chi connectivity index (χ1v) is 7.43. The van der Waals surface area contributed by atoms with Gasteiger partial charge >= 0.3 is 5.97 Å². The van der Waals surface area contributed by atoms with E-state index in [1.54, 1.807) is 6.92 Å². The molecular weight excluding hydrogens is 268 g/mol. The number of hydrogen-bond acceptors (Lipinski definition) is 4. The molecule has 0 bridgehead atoms. The number of ether oxygens (including phenoxy) is 1. The fraction of sp³-hybridized carbons (Fsp3) is 0.647. The monoisotopic (exact) mass is 292 g/mol. The van der Waals surface area contributed by atoms with E-state index < -0.39 is 11.5 Å². The number of ketones is 1. The second-order valence-electron chi connectivity index (χ2n) is 6.61. The summed E-state index contributed by atoms with van der Waals surface area (Å²) in [5.41, 5.74) is 1.75. The minimum Gasteiger partial charge on any atom is -0.462 e. The standard InChI is InChI=1S/C17H24O4/c1-9(2)12-8-14(21-11(4)18)17(5)7-6-13(19)10(3)15(17)16(12)20/h12,14,16,20H,1,6-8H2,2-5H3. The van der Waals surface area contributed by atoms with Gasteiger partial charge in [-0.2, -0.15) is 0 Å². The normalized spacial score (nSPS) is 36.2. The van der Waals surface area contributed by atoms with Gasteiger partial charge in [0.1, 0.15) is 6.10 Å². The average Bonchev–Trinajstić information content (AvgIpc) is 2.37. The predicted molar refractivity (Wildman–Crippen MR) is 79.5 cm³/mol. The van der Waals surface area contributed by atoms with E-state index in [2.05, 4.69) is 6.58 Å². The van der Waals surface area contributed by atoms with Gasteiger partial charge in [-0.25, -0.2) is 0 Å². The Labute approximate surface area is 125 Å². The van der Waals surface area contributed by atoms with Crippen LogP contribution in [0.15, 0.2) is 23.3 Å². The number of esters is 1. The van der Waals surface area contributed by atoms with E-state index in [9.17, 15) is 14.7 Å². The molecule has 4 unspecified atom stereocenters. The van der Waals surface area contributed by atoms with E-state index in [0.717, 1.165) is 11.1 Å². The maximum atomic E-state index is 12.0. The van der Waals surface area contributed by atoms with Gasteiger partial charge in [0, 0.05) is 24.7 Å². The van der Waals surface area contributed by atoms with Crippen molar-refractivity contribution in [3.05, 3.63) is 23.3 Å². The minimum atomic E-state index is -0.719. The predicted octanol–water partition coefficient (Wildman–Crippen LogP) is 2.56. The molecule has 0 radical (unpaired) electrons. The molecule has 21 heavy (non-hydrogen) atoms. The Balaban J connectivity index is 2.54. The van der Waals surface area contributed by atoms with Crippen molar-refractivity contribution in [3.63, 3.8) is 0 Å². The van der Waals surface area contributed by atoms with Crippen LogP contribution in [0.3, 0.4) is 0 Å². The molecular formula is C17H24O4. The fourth-order valence-electron chi connectivity index (χ4n) is 3.84. The second kappa shape index (κ2) is 5.41. The SMILES string of the molecule is C=C(C)C1CC(OC(C)=O)C2(C)CCC(=O)C(C)=C2C1O. The van der Waals surface area contributed by atoms with Crippen molar-refractivity contribution in [1.82, 2.24) is 0 Å². The van der Waals surface area contributed by atoms with Gasteiger partial charge in [0.25, 0.3) is 0 Å². The van der Waals surface area contributed by atoms with Crippen LogP contribution in [0, 0.1) is 11.3 Å². The van der Waals surface area contributed by atoms with Crippen LogP contribution in [0.4, 0.5) is 0 Å². The van der Waals surface area contributed by atoms with Crippen LogP contribution >= 0.6 is 0 Å². The zero-order valence-electron chi connectivity index (χ0n) is 13.2. The average molecular weight is 292 g/mol. The van der Waals surface area contributed by atoms with E-state index in [1.807, 2.05) is 13.8 Å². The zero-order chi connectivity index (χ0) is 15.9. The molecule has 0 amide bonds. The van der Waals surface area contributed by atoms with Crippen LogP contribution in [0.5, 0.6) is 0 Å². The summed E-state index contributed by atoms with van der Waals surface area (Å²) >= 11 is 0. The molecule has 2 rings (SSSR count). The summed E-state index contributed by atoms with van der Waals surface area (Å²) < 4.78 is 5.54. The Morgan fingerprint density at radius 3 is 2.57 bits per heavy atom. The first kappa shape index (κ1) is 16.0. The van der Waals surface area contributed by atoms with E-state index in [-0.39, 0.29) is 23.8 Å². The lowest BCUT2D eigenvalue weighted by molar-refractivity contribution is -0.157. The quantitative estimate of drug-likeness (QED) is 0.627. The molecule has 0 aliphatic heterocycles. The zero-order valence-corrected chi connectivity index (χ0v) is 13.2. The Morgan fingerprint density at radius 1 is 1.43 bits per heavy atom. The highest BCUT2D eigenvalue weighted by atomic mass is 16.5. The van der Waals surface area contributed by atoms with E-state index in [0.29, 0.717) is 24.8 Å². The maximum absolute atomic E-state index is 12.0. The fourth-order valence-corrected chi connectivity index (χ4v) is 3.84. The topological polar surface area (TPSA) is 63.6 Å². The van der Waals surface area contributed by atoms with Gasteiger partial charge in [0.15, 0.2) is 5.78 Å². The van der Waals surface area contributed by atoms with Crippen molar-refractivity contribution in [2.75, 3.05) is 0 Å². The molecule has 0 aromatic rings. The summed E-state index contributed by atoms with van der Waals surface area (Å²) in [6, 6.07) is 0. The molecule has 4 nitrogen and oxygen atoms in total. The van der Waals surface area contributed by atoms with Crippen molar-refractivity contribution in [3.8, 4) is 0 Å². The van der Waals surface area contributed by atoms with Gasteiger partial charge in [-0.1, -0.05) is 19.1 Å². The second-order valence-corrected chi connectivity index (χ2v) is 6.61. The lowest BCUT2D eigenvalue weighted by Gasteiger charge is -2.50. The number of fused-ring (bicyclic) bond motifs is 1.